The molecule has 170 valence electrons. The van der Waals surface area contributed by atoms with Crippen LogP contribution in [0.15, 0.2) is 76.1 Å². The minimum absolute atomic E-state index is 0.00979. The van der Waals surface area contributed by atoms with Crippen LogP contribution in [0.3, 0.4) is 0 Å². The number of carbonyl (C=O) groups excluding carboxylic acids is 1. The first-order chi connectivity index (χ1) is 15.9. The number of amides is 1. The predicted octanol–water partition coefficient (Wildman–Crippen LogP) is 1.40. The van der Waals surface area contributed by atoms with Gasteiger partial charge in [0.05, 0.1) is 30.8 Å². The highest BCUT2D eigenvalue weighted by molar-refractivity contribution is 5.98. The molecule has 33 heavy (non-hydrogen) atoms. The second-order valence-corrected chi connectivity index (χ2v) is 7.45. The molecule has 0 aliphatic carbocycles. The number of aryl methyl sites for hydroxylation is 1. The summed E-state index contributed by atoms with van der Waals surface area (Å²) in [6.45, 7) is 0.254. The lowest BCUT2D eigenvalue weighted by Crippen LogP contribution is -2.39. The Hall–Kier alpha value is -4.18. The Kier molecular flexibility index (Phi) is 6.09. The first-order valence-electron chi connectivity index (χ1n) is 10.1. The predicted molar refractivity (Wildman–Crippen MR) is 120 cm³/mol. The van der Waals surface area contributed by atoms with Gasteiger partial charge in [0.1, 0.15) is 5.82 Å². The van der Waals surface area contributed by atoms with Gasteiger partial charge in [-0.3, -0.25) is 29.0 Å². The van der Waals surface area contributed by atoms with Crippen molar-refractivity contribution in [2.45, 2.75) is 6.54 Å². The van der Waals surface area contributed by atoms with Crippen molar-refractivity contribution in [1.82, 2.24) is 25.0 Å². The molecule has 2 heterocycles. The Morgan fingerprint density at radius 3 is 2.58 bits per heavy atom. The maximum atomic E-state index is 13.2. The Morgan fingerprint density at radius 1 is 1.15 bits per heavy atom. The van der Waals surface area contributed by atoms with Gasteiger partial charge in [0.25, 0.3) is 11.5 Å². The van der Waals surface area contributed by atoms with Crippen LogP contribution in [0.5, 0.6) is 0 Å². The van der Waals surface area contributed by atoms with Gasteiger partial charge in [-0.2, -0.15) is 5.17 Å². The monoisotopic (exact) mass is 451 g/mol. The van der Waals surface area contributed by atoms with Crippen LogP contribution in [-0.2, 0) is 18.4 Å². The first-order valence-corrected chi connectivity index (χ1v) is 10.1. The fraction of sp³-hybridized carbons (Fsp3) is 0.174. The molecule has 0 atom stereocenters. The molecule has 0 bridgehead atoms. The number of hydrazine groups is 1. The second-order valence-electron chi connectivity index (χ2n) is 7.45. The van der Waals surface area contributed by atoms with Crippen molar-refractivity contribution < 1.29 is 14.0 Å². The van der Waals surface area contributed by atoms with Gasteiger partial charge in [-0.15, -0.1) is 0 Å². The normalized spacial score (nSPS) is 13.1. The largest absolute Gasteiger partial charge is 0.348 e. The zero-order chi connectivity index (χ0) is 23.5. The quantitative estimate of drug-likeness (QED) is 0.588. The summed E-state index contributed by atoms with van der Waals surface area (Å²) in [5.41, 5.74) is 3.99. The Balaban J connectivity index is 1.61. The number of aromatic nitrogens is 2. The third kappa shape index (κ3) is 4.55. The van der Waals surface area contributed by atoms with Crippen molar-refractivity contribution in [3.63, 3.8) is 0 Å². The van der Waals surface area contributed by atoms with Crippen molar-refractivity contribution in [3.05, 3.63) is 104 Å². The van der Waals surface area contributed by atoms with Crippen LogP contribution >= 0.6 is 0 Å². The third-order valence-electron chi connectivity index (χ3n) is 5.32. The standard InChI is InChI=1S/C23H22FN5O4/c1-27-20-8-5-17(21(30)25-12-16-9-10-29(33-2)26-13-16)11-19(20)22(31)28(23(27)32)14-15-3-6-18(24)7-4-15/h3-11,13,26H,12,14H2,1-2H3,(H,25,30). The van der Waals surface area contributed by atoms with Gasteiger partial charge in [-0.05, 0) is 47.5 Å². The fourth-order valence-electron chi connectivity index (χ4n) is 3.48. The SMILES string of the molecule is CON1C=CC(CNC(=O)c2ccc3c(c2)c(=O)n(Cc2ccc(F)cc2)c(=O)n3C)=CN1. The zero-order valence-electron chi connectivity index (χ0n) is 18.0. The molecule has 4 rings (SSSR count). The van der Waals surface area contributed by atoms with Crippen LogP contribution in [0.25, 0.3) is 10.9 Å². The summed E-state index contributed by atoms with van der Waals surface area (Å²) in [6.07, 6.45) is 5.14. The molecule has 1 aliphatic rings. The molecule has 2 N–H and O–H groups in total. The van der Waals surface area contributed by atoms with E-state index in [1.165, 1.54) is 47.2 Å². The highest BCUT2D eigenvalue weighted by Gasteiger charge is 2.15. The van der Waals surface area contributed by atoms with E-state index in [0.29, 0.717) is 16.6 Å². The molecule has 0 fully saturated rings. The molecular formula is C23H22FN5O4. The highest BCUT2D eigenvalue weighted by atomic mass is 19.1. The van der Waals surface area contributed by atoms with E-state index in [1.807, 2.05) is 0 Å². The summed E-state index contributed by atoms with van der Waals surface area (Å²) in [5, 5.41) is 4.44. The first kappa shape index (κ1) is 22.0. The molecule has 0 spiro atoms. The van der Waals surface area contributed by atoms with Gasteiger partial charge in [0.2, 0.25) is 0 Å². The summed E-state index contributed by atoms with van der Waals surface area (Å²) in [6, 6.07) is 10.2. The molecule has 9 nitrogen and oxygen atoms in total. The molecule has 0 unspecified atom stereocenters. The Bertz CT molecular complexity index is 1390. The number of hydroxylamine groups is 1. The number of carbonyl (C=O) groups is 1. The summed E-state index contributed by atoms with van der Waals surface area (Å²) in [7, 11) is 3.07. The molecule has 0 saturated heterocycles. The number of nitrogens with one attached hydrogen (secondary N) is 2. The van der Waals surface area contributed by atoms with Gasteiger partial charge in [-0.1, -0.05) is 12.1 Å². The minimum atomic E-state index is -0.520. The smallest absolute Gasteiger partial charge is 0.331 e. The molecule has 1 amide bonds. The van der Waals surface area contributed by atoms with Gasteiger partial charge < -0.3 is 5.32 Å². The second kappa shape index (κ2) is 9.13. The van der Waals surface area contributed by atoms with Crippen molar-refractivity contribution in [2.75, 3.05) is 13.7 Å². The summed E-state index contributed by atoms with van der Waals surface area (Å²) in [5.74, 6) is -0.766. The lowest BCUT2D eigenvalue weighted by atomic mass is 10.1. The number of nitrogens with zero attached hydrogens (tertiary/aromatic N) is 3. The molecule has 2 aromatic carbocycles. The lowest BCUT2D eigenvalue weighted by molar-refractivity contribution is -0.119. The summed E-state index contributed by atoms with van der Waals surface area (Å²) >= 11 is 0. The Labute approximate surface area is 187 Å². The van der Waals surface area contributed by atoms with E-state index in [4.69, 9.17) is 4.84 Å². The molecule has 0 radical (unpaired) electrons. The van der Waals surface area contributed by atoms with Gasteiger partial charge in [0.15, 0.2) is 0 Å². The molecule has 1 aliphatic heterocycles. The minimum Gasteiger partial charge on any atom is -0.348 e. The molecule has 0 saturated carbocycles. The number of fused-ring (bicyclic) bond motifs is 1. The van der Waals surface area contributed by atoms with Crippen LogP contribution in [0, 0.1) is 5.82 Å². The van der Waals surface area contributed by atoms with Crippen molar-refractivity contribution >= 4 is 16.8 Å². The van der Waals surface area contributed by atoms with Gasteiger partial charge in [0, 0.05) is 25.4 Å². The number of hydrogen-bond acceptors (Lipinski definition) is 6. The van der Waals surface area contributed by atoms with Crippen LogP contribution in [-0.4, -0.2) is 33.9 Å². The van der Waals surface area contributed by atoms with E-state index >= 15 is 0 Å². The van der Waals surface area contributed by atoms with E-state index < -0.39 is 17.1 Å². The van der Waals surface area contributed by atoms with Gasteiger partial charge >= 0.3 is 5.69 Å². The Morgan fingerprint density at radius 2 is 1.91 bits per heavy atom. The van der Waals surface area contributed by atoms with Crippen LogP contribution < -0.4 is 22.0 Å². The lowest BCUT2D eigenvalue weighted by Gasteiger charge is -2.21. The number of hydrogen-bond donors (Lipinski definition) is 2. The van der Waals surface area contributed by atoms with E-state index in [0.717, 1.165) is 10.1 Å². The zero-order valence-corrected chi connectivity index (χ0v) is 18.0. The van der Waals surface area contributed by atoms with Crippen LogP contribution in [0.2, 0.25) is 0 Å². The van der Waals surface area contributed by atoms with E-state index in [9.17, 15) is 18.8 Å². The topological polar surface area (TPSA) is 97.6 Å². The highest BCUT2D eigenvalue weighted by Crippen LogP contribution is 2.12. The average molecular weight is 451 g/mol. The number of halogens is 1. The molecule has 3 aromatic rings. The van der Waals surface area contributed by atoms with Crippen molar-refractivity contribution in [3.8, 4) is 0 Å². The molecular weight excluding hydrogens is 429 g/mol. The maximum absolute atomic E-state index is 13.2. The maximum Gasteiger partial charge on any atom is 0.331 e. The van der Waals surface area contributed by atoms with Crippen LogP contribution in [0.1, 0.15) is 15.9 Å². The summed E-state index contributed by atoms with van der Waals surface area (Å²) < 4.78 is 15.6. The number of benzene rings is 2. The summed E-state index contributed by atoms with van der Waals surface area (Å²) in [4.78, 5) is 43.6. The van der Waals surface area contributed by atoms with E-state index in [1.54, 1.807) is 37.7 Å². The van der Waals surface area contributed by atoms with Gasteiger partial charge in [-0.25, -0.2) is 9.18 Å². The van der Waals surface area contributed by atoms with E-state index in [2.05, 4.69) is 10.7 Å². The third-order valence-corrected chi connectivity index (χ3v) is 5.32. The molecule has 10 heteroatoms. The average Bonchev–Trinajstić information content (AvgIpc) is 2.85. The number of rotatable bonds is 6. The van der Waals surface area contributed by atoms with Crippen LogP contribution in [0.4, 0.5) is 4.39 Å². The van der Waals surface area contributed by atoms with Crippen molar-refractivity contribution in [2.24, 2.45) is 7.05 Å². The fourth-order valence-corrected chi connectivity index (χ4v) is 3.48. The van der Waals surface area contributed by atoms with E-state index in [-0.39, 0.29) is 24.4 Å². The molecule has 1 aromatic heterocycles. The van der Waals surface area contributed by atoms with Crippen molar-refractivity contribution in [1.29, 1.82) is 0 Å².